The first kappa shape index (κ1) is 16.5. The maximum absolute atomic E-state index is 12.5. The zero-order chi connectivity index (χ0) is 18.8. The van der Waals surface area contributed by atoms with E-state index in [1.165, 1.54) is 10.7 Å². The van der Waals surface area contributed by atoms with Crippen LogP contribution in [0.25, 0.3) is 16.8 Å². The van der Waals surface area contributed by atoms with Crippen LogP contribution in [0.4, 0.5) is 11.6 Å². The highest BCUT2D eigenvalue weighted by molar-refractivity contribution is 6.07. The van der Waals surface area contributed by atoms with E-state index in [4.69, 9.17) is 10.5 Å². The molecule has 0 atom stereocenters. The van der Waals surface area contributed by atoms with E-state index in [0.29, 0.717) is 11.5 Å². The number of ether oxygens (including phenoxy) is 1. The molecule has 0 aliphatic heterocycles. The fraction of sp³-hybridized carbons (Fsp3) is 0.0526. The molecule has 1 aromatic carbocycles. The van der Waals surface area contributed by atoms with Gasteiger partial charge in [0.1, 0.15) is 22.9 Å². The molecule has 1 amide bonds. The second-order valence-electron chi connectivity index (χ2n) is 5.75. The molecule has 0 fully saturated rings. The average molecular weight is 360 g/mol. The smallest absolute Gasteiger partial charge is 0.262 e. The number of aromatic nitrogens is 4. The first-order valence-electron chi connectivity index (χ1n) is 8.16. The van der Waals surface area contributed by atoms with Gasteiger partial charge in [-0.3, -0.25) is 4.79 Å². The van der Waals surface area contributed by atoms with Gasteiger partial charge in [-0.2, -0.15) is 9.61 Å². The number of anilines is 2. The maximum atomic E-state index is 12.5. The fourth-order valence-corrected chi connectivity index (χ4v) is 2.72. The summed E-state index contributed by atoms with van der Waals surface area (Å²) < 4.78 is 6.63. The van der Waals surface area contributed by atoms with Gasteiger partial charge in [-0.05, 0) is 29.8 Å². The van der Waals surface area contributed by atoms with Gasteiger partial charge in [0.25, 0.3) is 5.91 Å². The van der Waals surface area contributed by atoms with Crippen LogP contribution >= 0.6 is 0 Å². The van der Waals surface area contributed by atoms with E-state index in [2.05, 4.69) is 20.4 Å². The molecule has 0 unspecified atom stereocenters. The topological polar surface area (TPSA) is 107 Å². The molecule has 27 heavy (non-hydrogen) atoms. The van der Waals surface area contributed by atoms with Gasteiger partial charge in [-0.15, -0.1) is 0 Å². The van der Waals surface area contributed by atoms with Crippen LogP contribution in [0, 0.1) is 0 Å². The van der Waals surface area contributed by atoms with Crippen molar-refractivity contribution in [3.05, 3.63) is 66.6 Å². The van der Waals surface area contributed by atoms with E-state index in [9.17, 15) is 4.79 Å². The van der Waals surface area contributed by atoms with Crippen molar-refractivity contribution in [1.82, 2.24) is 19.6 Å². The minimum atomic E-state index is -0.401. The zero-order valence-electron chi connectivity index (χ0n) is 14.5. The van der Waals surface area contributed by atoms with Crippen molar-refractivity contribution >= 4 is 23.2 Å². The van der Waals surface area contributed by atoms with Crippen molar-refractivity contribution in [2.75, 3.05) is 18.2 Å². The molecule has 134 valence electrons. The number of rotatable bonds is 4. The third-order valence-corrected chi connectivity index (χ3v) is 4.12. The normalized spacial score (nSPS) is 10.7. The zero-order valence-corrected chi connectivity index (χ0v) is 14.5. The maximum Gasteiger partial charge on any atom is 0.262 e. The number of nitrogens with two attached hydrogens (primary N) is 1. The number of methoxy groups -OCH3 is 1. The largest absolute Gasteiger partial charge is 0.497 e. The Kier molecular flexibility index (Phi) is 4.13. The number of carbonyl (C=O) groups is 1. The van der Waals surface area contributed by atoms with E-state index in [0.717, 1.165) is 16.9 Å². The number of hydrogen-bond acceptors (Lipinski definition) is 6. The molecular weight excluding hydrogens is 344 g/mol. The fourth-order valence-electron chi connectivity index (χ4n) is 2.72. The highest BCUT2D eigenvalue weighted by Gasteiger charge is 2.17. The second kappa shape index (κ2) is 6.75. The lowest BCUT2D eigenvalue weighted by Crippen LogP contribution is -2.17. The molecule has 4 aromatic rings. The monoisotopic (exact) mass is 360 g/mol. The highest BCUT2D eigenvalue weighted by Crippen LogP contribution is 2.27. The molecule has 3 N–H and O–H groups in total. The third-order valence-electron chi connectivity index (χ3n) is 4.12. The van der Waals surface area contributed by atoms with E-state index in [1.54, 1.807) is 37.7 Å². The molecular formula is C19H16N6O2. The van der Waals surface area contributed by atoms with E-state index >= 15 is 0 Å². The van der Waals surface area contributed by atoms with Crippen molar-refractivity contribution in [2.45, 2.75) is 0 Å². The van der Waals surface area contributed by atoms with Crippen molar-refractivity contribution in [3.8, 4) is 16.9 Å². The van der Waals surface area contributed by atoms with Gasteiger partial charge in [0, 0.05) is 18.0 Å². The number of carbonyl (C=O) groups excluding carboxylic acids is 1. The van der Waals surface area contributed by atoms with Gasteiger partial charge < -0.3 is 15.8 Å². The minimum absolute atomic E-state index is 0.202. The lowest BCUT2D eigenvalue weighted by atomic mass is 10.1. The van der Waals surface area contributed by atoms with Crippen LogP contribution in [0.15, 0.2) is 61.1 Å². The Morgan fingerprint density at radius 3 is 2.63 bits per heavy atom. The Labute approximate surface area is 154 Å². The SMILES string of the molecule is COc1ccc(-c2cnn3c(N)c(C(=O)Nc4ccccn4)cnc23)cc1. The summed E-state index contributed by atoms with van der Waals surface area (Å²) in [5, 5.41) is 6.98. The molecule has 0 saturated carbocycles. The van der Waals surface area contributed by atoms with Crippen LogP contribution in [0.5, 0.6) is 5.75 Å². The van der Waals surface area contributed by atoms with Crippen LogP contribution in [0.1, 0.15) is 10.4 Å². The molecule has 0 spiro atoms. The van der Waals surface area contributed by atoms with Gasteiger partial charge >= 0.3 is 0 Å². The Balaban J connectivity index is 1.69. The first-order valence-corrected chi connectivity index (χ1v) is 8.16. The van der Waals surface area contributed by atoms with Crippen LogP contribution in [-0.4, -0.2) is 32.6 Å². The number of amides is 1. The summed E-state index contributed by atoms with van der Waals surface area (Å²) in [5.74, 6) is 0.993. The molecule has 0 aliphatic carbocycles. The summed E-state index contributed by atoms with van der Waals surface area (Å²) in [6.07, 6.45) is 4.70. The predicted molar refractivity (Wildman–Crippen MR) is 102 cm³/mol. The Morgan fingerprint density at radius 1 is 1.11 bits per heavy atom. The van der Waals surface area contributed by atoms with Crippen molar-refractivity contribution in [3.63, 3.8) is 0 Å². The van der Waals surface area contributed by atoms with E-state index in [1.807, 2.05) is 24.3 Å². The summed E-state index contributed by atoms with van der Waals surface area (Å²) >= 11 is 0. The Hall–Kier alpha value is -3.94. The van der Waals surface area contributed by atoms with Gasteiger partial charge in [-0.1, -0.05) is 18.2 Å². The summed E-state index contributed by atoms with van der Waals surface area (Å²) in [5.41, 5.74) is 8.68. The van der Waals surface area contributed by atoms with Crippen molar-refractivity contribution in [2.24, 2.45) is 0 Å². The standard InChI is InChI=1S/C19H16N6O2/c1-27-13-7-5-12(6-8-13)14-11-23-25-17(20)15(10-22-18(14)25)19(26)24-16-4-2-3-9-21-16/h2-11H,20H2,1H3,(H,21,24,26). The van der Waals surface area contributed by atoms with Crippen LogP contribution < -0.4 is 15.8 Å². The van der Waals surface area contributed by atoms with Gasteiger partial charge in [-0.25, -0.2) is 9.97 Å². The summed E-state index contributed by atoms with van der Waals surface area (Å²) in [6.45, 7) is 0. The number of hydrogen-bond donors (Lipinski definition) is 2. The van der Waals surface area contributed by atoms with E-state index in [-0.39, 0.29) is 11.4 Å². The second-order valence-corrected chi connectivity index (χ2v) is 5.75. The minimum Gasteiger partial charge on any atom is -0.497 e. The number of pyridine rings is 1. The van der Waals surface area contributed by atoms with Crippen LogP contribution in [0.3, 0.4) is 0 Å². The molecule has 8 nitrogen and oxygen atoms in total. The summed E-state index contributed by atoms with van der Waals surface area (Å²) in [4.78, 5) is 21.0. The third kappa shape index (κ3) is 3.04. The lowest BCUT2D eigenvalue weighted by molar-refractivity contribution is 0.102. The number of fused-ring (bicyclic) bond motifs is 1. The number of nitrogens with one attached hydrogen (secondary N) is 1. The highest BCUT2D eigenvalue weighted by atomic mass is 16.5. The molecule has 3 heterocycles. The number of nitrogen functional groups attached to an aromatic ring is 1. The molecule has 3 aromatic heterocycles. The summed E-state index contributed by atoms with van der Waals surface area (Å²) in [7, 11) is 1.62. The van der Waals surface area contributed by atoms with Gasteiger partial charge in [0.05, 0.1) is 13.3 Å². The molecule has 0 aliphatic rings. The average Bonchev–Trinajstić information content (AvgIpc) is 3.14. The molecule has 0 radical (unpaired) electrons. The van der Waals surface area contributed by atoms with Crippen LogP contribution in [0.2, 0.25) is 0 Å². The predicted octanol–water partition coefficient (Wildman–Crippen LogP) is 2.63. The molecule has 8 heteroatoms. The number of benzene rings is 1. The molecule has 4 rings (SSSR count). The van der Waals surface area contributed by atoms with Crippen LogP contribution in [-0.2, 0) is 0 Å². The molecule has 0 saturated heterocycles. The summed E-state index contributed by atoms with van der Waals surface area (Å²) in [6, 6.07) is 12.8. The van der Waals surface area contributed by atoms with Crippen molar-refractivity contribution in [1.29, 1.82) is 0 Å². The Bertz CT molecular complexity index is 1110. The Morgan fingerprint density at radius 2 is 1.93 bits per heavy atom. The van der Waals surface area contributed by atoms with Crippen molar-refractivity contribution < 1.29 is 9.53 Å². The quantitative estimate of drug-likeness (QED) is 0.579. The van der Waals surface area contributed by atoms with E-state index < -0.39 is 5.91 Å². The molecule has 0 bridgehead atoms. The lowest BCUT2D eigenvalue weighted by Gasteiger charge is -2.08. The number of nitrogens with zero attached hydrogens (tertiary/aromatic N) is 4. The van der Waals surface area contributed by atoms with Gasteiger partial charge in [0.2, 0.25) is 0 Å². The first-order chi connectivity index (χ1) is 13.2. The van der Waals surface area contributed by atoms with Gasteiger partial charge in [0.15, 0.2) is 5.65 Å².